The first kappa shape index (κ1) is 20.0. The Hall–Kier alpha value is -2.25. The Morgan fingerprint density at radius 2 is 1.90 bits per heavy atom. The fourth-order valence-corrected chi connectivity index (χ4v) is 5.44. The number of hydrogen-bond acceptors (Lipinski definition) is 5. The summed E-state index contributed by atoms with van der Waals surface area (Å²) in [6.45, 7) is 2.05. The van der Waals surface area contributed by atoms with Crippen LogP contribution >= 0.6 is 23.5 Å². The Kier molecular flexibility index (Phi) is 6.56. The van der Waals surface area contributed by atoms with Crippen LogP contribution in [-0.2, 0) is 4.79 Å². The first-order chi connectivity index (χ1) is 14.2. The number of nitrogens with one attached hydrogen (secondary N) is 1. The van der Waals surface area contributed by atoms with Crippen LogP contribution in [0.3, 0.4) is 0 Å². The number of carbonyl (C=O) groups excluding carboxylic acids is 1. The fraction of sp³-hybridized carbons (Fsp3) is 0.318. The van der Waals surface area contributed by atoms with Gasteiger partial charge in [-0.15, -0.1) is 22.0 Å². The normalized spacial score (nSPS) is 14.2. The molecular weight excluding hydrogens is 400 g/mol. The number of nitrogens with zero attached hydrogens (tertiary/aromatic N) is 3. The van der Waals surface area contributed by atoms with Gasteiger partial charge in [0.05, 0.1) is 11.4 Å². The lowest BCUT2D eigenvalue weighted by Gasteiger charge is -2.14. The van der Waals surface area contributed by atoms with Crippen molar-refractivity contribution in [1.82, 2.24) is 14.8 Å². The van der Waals surface area contributed by atoms with Gasteiger partial charge in [0.15, 0.2) is 5.16 Å². The zero-order valence-electron chi connectivity index (χ0n) is 16.4. The molecule has 0 atom stereocenters. The van der Waals surface area contributed by atoms with Crippen LogP contribution < -0.4 is 5.32 Å². The molecule has 1 aliphatic rings. The minimum absolute atomic E-state index is 0.0343. The van der Waals surface area contributed by atoms with Crippen LogP contribution in [0.4, 0.5) is 5.69 Å². The van der Waals surface area contributed by atoms with Gasteiger partial charge in [-0.3, -0.25) is 9.36 Å². The molecule has 1 aliphatic carbocycles. The largest absolute Gasteiger partial charge is 0.324 e. The Labute approximate surface area is 179 Å². The van der Waals surface area contributed by atoms with E-state index >= 15 is 0 Å². The van der Waals surface area contributed by atoms with Gasteiger partial charge in [0.2, 0.25) is 5.91 Å². The molecule has 7 heteroatoms. The summed E-state index contributed by atoms with van der Waals surface area (Å²) >= 11 is 3.28. The lowest BCUT2D eigenvalue weighted by molar-refractivity contribution is -0.113. The molecule has 1 amide bonds. The van der Waals surface area contributed by atoms with E-state index in [1.807, 2.05) is 46.7 Å². The number of aromatic nitrogens is 3. The molecule has 1 aromatic heterocycles. The van der Waals surface area contributed by atoms with Crippen LogP contribution in [0.1, 0.15) is 31.2 Å². The van der Waals surface area contributed by atoms with Gasteiger partial charge in [0.1, 0.15) is 6.33 Å². The predicted octanol–water partition coefficient (Wildman–Crippen LogP) is 5.34. The van der Waals surface area contributed by atoms with Gasteiger partial charge >= 0.3 is 0 Å². The maximum atomic E-state index is 12.6. The highest BCUT2D eigenvalue weighted by molar-refractivity contribution is 8.00. The Morgan fingerprint density at radius 3 is 2.69 bits per heavy atom. The van der Waals surface area contributed by atoms with Crippen LogP contribution in [0.2, 0.25) is 0 Å². The van der Waals surface area contributed by atoms with Crippen molar-refractivity contribution in [1.29, 1.82) is 0 Å². The smallest absolute Gasteiger partial charge is 0.234 e. The van der Waals surface area contributed by atoms with E-state index in [9.17, 15) is 4.79 Å². The third-order valence-electron chi connectivity index (χ3n) is 4.92. The summed E-state index contributed by atoms with van der Waals surface area (Å²) in [5, 5.41) is 12.6. The standard InChI is InChI=1S/C22H24N4OS2/c1-16-10-12-17(13-11-16)26-15-23-25-22(26)28-14-21(27)24-19-8-4-5-9-20(19)29-18-6-2-3-7-18/h4-5,8-13,15,18H,2-3,6-7,14H2,1H3,(H,24,27). The summed E-state index contributed by atoms with van der Waals surface area (Å²) in [4.78, 5) is 13.7. The number of hydrogen-bond donors (Lipinski definition) is 1. The lowest BCUT2D eigenvalue weighted by atomic mass is 10.2. The van der Waals surface area contributed by atoms with Crippen LogP contribution in [0.15, 0.2) is 64.9 Å². The van der Waals surface area contributed by atoms with E-state index in [1.165, 1.54) is 43.0 Å². The van der Waals surface area contributed by atoms with Gasteiger partial charge < -0.3 is 5.32 Å². The maximum absolute atomic E-state index is 12.6. The molecule has 0 aliphatic heterocycles. The SMILES string of the molecule is Cc1ccc(-n2cnnc2SCC(=O)Nc2ccccc2SC2CCCC2)cc1. The van der Waals surface area contributed by atoms with Crippen LogP contribution in [0.5, 0.6) is 0 Å². The summed E-state index contributed by atoms with van der Waals surface area (Å²) in [7, 11) is 0. The maximum Gasteiger partial charge on any atom is 0.234 e. The first-order valence-electron chi connectivity index (χ1n) is 9.84. The number of para-hydroxylation sites is 1. The first-order valence-corrected chi connectivity index (χ1v) is 11.7. The number of amides is 1. The molecule has 0 spiro atoms. The monoisotopic (exact) mass is 424 g/mol. The molecule has 3 aromatic rings. The van der Waals surface area contributed by atoms with Crippen molar-refractivity contribution in [3.8, 4) is 5.69 Å². The second-order valence-corrected chi connectivity index (χ2v) is 9.46. The highest BCUT2D eigenvalue weighted by Crippen LogP contribution is 2.38. The average molecular weight is 425 g/mol. The average Bonchev–Trinajstić information content (AvgIpc) is 3.40. The summed E-state index contributed by atoms with van der Waals surface area (Å²) in [6.07, 6.45) is 6.82. The van der Waals surface area contributed by atoms with Crippen molar-refractivity contribution in [3.63, 3.8) is 0 Å². The molecule has 29 heavy (non-hydrogen) atoms. The third-order valence-corrected chi connectivity index (χ3v) is 7.28. The van der Waals surface area contributed by atoms with Crippen molar-refractivity contribution in [3.05, 3.63) is 60.4 Å². The van der Waals surface area contributed by atoms with Crippen LogP contribution in [-0.4, -0.2) is 31.7 Å². The minimum Gasteiger partial charge on any atom is -0.324 e. The molecule has 1 N–H and O–H groups in total. The van der Waals surface area contributed by atoms with E-state index in [2.05, 4.69) is 40.6 Å². The second kappa shape index (κ2) is 9.50. The van der Waals surface area contributed by atoms with Gasteiger partial charge in [-0.1, -0.05) is 54.4 Å². The molecule has 0 radical (unpaired) electrons. The number of benzene rings is 2. The predicted molar refractivity (Wildman–Crippen MR) is 120 cm³/mol. The van der Waals surface area contributed by atoms with Crippen molar-refractivity contribution in [2.24, 2.45) is 0 Å². The summed E-state index contributed by atoms with van der Waals surface area (Å²) < 4.78 is 1.90. The molecule has 0 bridgehead atoms. The van der Waals surface area contributed by atoms with Crippen molar-refractivity contribution >= 4 is 35.1 Å². The lowest BCUT2D eigenvalue weighted by Crippen LogP contribution is -2.15. The summed E-state index contributed by atoms with van der Waals surface area (Å²) in [5.41, 5.74) is 3.08. The highest BCUT2D eigenvalue weighted by atomic mass is 32.2. The number of carbonyl (C=O) groups is 1. The third kappa shape index (κ3) is 5.22. The van der Waals surface area contributed by atoms with E-state index in [-0.39, 0.29) is 11.7 Å². The Bertz CT molecular complexity index is 965. The number of aryl methyl sites for hydroxylation is 1. The van der Waals surface area contributed by atoms with Crippen molar-refractivity contribution < 1.29 is 4.79 Å². The van der Waals surface area contributed by atoms with Crippen LogP contribution in [0, 0.1) is 6.92 Å². The molecule has 1 fully saturated rings. The second-order valence-electron chi connectivity index (χ2n) is 7.18. The van der Waals surface area contributed by atoms with E-state index in [1.54, 1.807) is 6.33 Å². The van der Waals surface area contributed by atoms with E-state index in [4.69, 9.17) is 0 Å². The van der Waals surface area contributed by atoms with Gasteiger partial charge in [-0.25, -0.2) is 0 Å². The number of anilines is 1. The summed E-state index contributed by atoms with van der Waals surface area (Å²) in [6, 6.07) is 16.2. The van der Waals surface area contributed by atoms with Gasteiger partial charge in [-0.2, -0.15) is 0 Å². The van der Waals surface area contributed by atoms with Gasteiger partial charge in [0, 0.05) is 15.8 Å². The highest BCUT2D eigenvalue weighted by Gasteiger charge is 2.18. The fourth-order valence-electron chi connectivity index (χ4n) is 3.38. The Morgan fingerprint density at radius 1 is 1.14 bits per heavy atom. The Balaban J connectivity index is 1.38. The molecular formula is C22H24N4OS2. The van der Waals surface area contributed by atoms with Gasteiger partial charge in [-0.05, 0) is 44.0 Å². The van der Waals surface area contributed by atoms with Crippen molar-refractivity contribution in [2.45, 2.75) is 47.9 Å². The van der Waals surface area contributed by atoms with E-state index in [0.717, 1.165) is 16.3 Å². The molecule has 150 valence electrons. The molecule has 0 unspecified atom stereocenters. The topological polar surface area (TPSA) is 59.8 Å². The number of thioether (sulfide) groups is 2. The zero-order chi connectivity index (χ0) is 20.1. The van der Waals surface area contributed by atoms with E-state index < -0.39 is 0 Å². The molecule has 1 saturated carbocycles. The molecule has 0 saturated heterocycles. The zero-order valence-corrected chi connectivity index (χ0v) is 18.0. The molecule has 5 nitrogen and oxygen atoms in total. The van der Waals surface area contributed by atoms with Gasteiger partial charge in [0.25, 0.3) is 0 Å². The quantitative estimate of drug-likeness (QED) is 0.519. The molecule has 2 aromatic carbocycles. The minimum atomic E-state index is -0.0343. The summed E-state index contributed by atoms with van der Waals surface area (Å²) in [5.74, 6) is 0.250. The number of rotatable bonds is 7. The van der Waals surface area contributed by atoms with E-state index in [0.29, 0.717) is 10.4 Å². The molecule has 1 heterocycles. The molecule has 4 rings (SSSR count). The van der Waals surface area contributed by atoms with Crippen LogP contribution in [0.25, 0.3) is 5.69 Å². The van der Waals surface area contributed by atoms with Crippen molar-refractivity contribution in [2.75, 3.05) is 11.1 Å².